The van der Waals surface area contributed by atoms with Gasteiger partial charge in [-0.25, -0.2) is 4.98 Å². The molecule has 1 aromatic carbocycles. The number of hydrogen-bond acceptors (Lipinski definition) is 3. The largest absolute Gasteiger partial charge is 0.302 e. The number of aryl methyl sites for hydroxylation is 2. The van der Waals surface area contributed by atoms with Crippen molar-refractivity contribution in [2.45, 2.75) is 39.8 Å². The first kappa shape index (κ1) is 14.7. The summed E-state index contributed by atoms with van der Waals surface area (Å²) in [5, 5.41) is 4.75. The Morgan fingerprint density at radius 1 is 1.16 bits per heavy atom. The van der Waals surface area contributed by atoms with E-state index in [4.69, 9.17) is 4.98 Å². The van der Waals surface area contributed by atoms with Crippen molar-refractivity contribution in [2.24, 2.45) is 0 Å². The molecule has 1 N–H and O–H groups in total. The maximum absolute atomic E-state index is 4.71. The molecule has 0 spiro atoms. The van der Waals surface area contributed by atoms with Gasteiger partial charge in [0.25, 0.3) is 0 Å². The van der Waals surface area contributed by atoms with Crippen LogP contribution in [0.4, 0.5) is 0 Å². The van der Waals surface area contributed by atoms with E-state index in [-0.39, 0.29) is 6.04 Å². The van der Waals surface area contributed by atoms with E-state index >= 15 is 0 Å². The molecular formula is C15H19BrN2S. The Labute approximate surface area is 127 Å². The molecule has 1 aromatic heterocycles. The number of aromatic nitrogens is 1. The van der Waals surface area contributed by atoms with Gasteiger partial charge in [-0.05, 0) is 45.4 Å². The lowest BCUT2D eigenvalue weighted by Gasteiger charge is -2.19. The average molecular weight is 339 g/mol. The van der Waals surface area contributed by atoms with E-state index < -0.39 is 0 Å². The van der Waals surface area contributed by atoms with Crippen molar-refractivity contribution >= 4 is 27.3 Å². The van der Waals surface area contributed by atoms with Crippen molar-refractivity contribution in [1.29, 1.82) is 0 Å². The zero-order chi connectivity index (χ0) is 14.0. The predicted octanol–water partition coefficient (Wildman–Crippen LogP) is 4.61. The van der Waals surface area contributed by atoms with E-state index in [1.165, 1.54) is 10.4 Å². The van der Waals surface area contributed by atoms with Crippen LogP contribution in [-0.2, 0) is 0 Å². The molecule has 0 aliphatic rings. The molecule has 2 nitrogen and oxygen atoms in total. The fourth-order valence-corrected chi connectivity index (χ4v) is 3.20. The van der Waals surface area contributed by atoms with Crippen LogP contribution >= 0.6 is 27.3 Å². The Morgan fingerprint density at radius 3 is 2.26 bits per heavy atom. The Hall–Kier alpha value is -0.710. The van der Waals surface area contributed by atoms with Gasteiger partial charge in [0.2, 0.25) is 0 Å². The first-order valence-electron chi connectivity index (χ1n) is 6.43. The van der Waals surface area contributed by atoms with Gasteiger partial charge in [0, 0.05) is 15.4 Å². The van der Waals surface area contributed by atoms with Crippen molar-refractivity contribution in [3.05, 3.63) is 49.9 Å². The van der Waals surface area contributed by atoms with Gasteiger partial charge < -0.3 is 5.32 Å². The van der Waals surface area contributed by atoms with Gasteiger partial charge in [-0.1, -0.05) is 28.1 Å². The summed E-state index contributed by atoms with van der Waals surface area (Å²) in [4.78, 5) is 6.00. The first-order valence-corrected chi connectivity index (χ1v) is 8.03. The molecule has 0 fully saturated rings. The minimum absolute atomic E-state index is 0.172. The average Bonchev–Trinajstić information content (AvgIpc) is 2.67. The van der Waals surface area contributed by atoms with Gasteiger partial charge in [-0.15, -0.1) is 11.3 Å². The summed E-state index contributed by atoms with van der Waals surface area (Å²) in [5.74, 6) is 0. The molecule has 0 saturated heterocycles. The first-order chi connectivity index (χ1) is 8.97. The highest BCUT2D eigenvalue weighted by Gasteiger charge is 2.19. The highest BCUT2D eigenvalue weighted by molar-refractivity contribution is 9.10. The second-order valence-electron chi connectivity index (χ2n) is 5.00. The van der Waals surface area contributed by atoms with Crippen LogP contribution in [0.2, 0.25) is 0 Å². The lowest BCUT2D eigenvalue weighted by Crippen LogP contribution is -2.28. The Balaban J connectivity index is 2.37. The Morgan fingerprint density at radius 2 is 1.79 bits per heavy atom. The number of nitrogens with zero attached hydrogens (tertiary/aromatic N) is 1. The van der Waals surface area contributed by atoms with Gasteiger partial charge in [0.05, 0.1) is 11.7 Å². The standard InChI is InChI=1S/C15H19BrN2S/c1-9(2)17-14(12-5-7-13(16)8-6-12)15-18-10(3)11(4)19-15/h5-9,14,17H,1-4H3. The highest BCUT2D eigenvalue weighted by Crippen LogP contribution is 2.29. The predicted molar refractivity (Wildman–Crippen MR) is 85.8 cm³/mol. The van der Waals surface area contributed by atoms with E-state index in [9.17, 15) is 0 Å². The van der Waals surface area contributed by atoms with Crippen molar-refractivity contribution < 1.29 is 0 Å². The second-order valence-corrected chi connectivity index (χ2v) is 7.15. The molecule has 0 amide bonds. The monoisotopic (exact) mass is 338 g/mol. The van der Waals surface area contributed by atoms with Crippen molar-refractivity contribution in [3.63, 3.8) is 0 Å². The topological polar surface area (TPSA) is 24.9 Å². The van der Waals surface area contributed by atoms with Crippen molar-refractivity contribution in [2.75, 3.05) is 0 Å². The maximum Gasteiger partial charge on any atom is 0.115 e. The van der Waals surface area contributed by atoms with Crippen LogP contribution < -0.4 is 5.32 Å². The lowest BCUT2D eigenvalue weighted by molar-refractivity contribution is 0.526. The molecule has 102 valence electrons. The van der Waals surface area contributed by atoms with Crippen LogP contribution in [0.1, 0.15) is 41.0 Å². The highest BCUT2D eigenvalue weighted by atomic mass is 79.9. The normalized spacial score (nSPS) is 12.9. The molecule has 19 heavy (non-hydrogen) atoms. The number of hydrogen-bond donors (Lipinski definition) is 1. The second kappa shape index (κ2) is 6.16. The quantitative estimate of drug-likeness (QED) is 0.880. The third kappa shape index (κ3) is 3.65. The number of nitrogens with one attached hydrogen (secondary N) is 1. The molecule has 1 unspecified atom stereocenters. The molecular weight excluding hydrogens is 320 g/mol. The van der Waals surface area contributed by atoms with E-state index in [0.717, 1.165) is 15.2 Å². The third-order valence-electron chi connectivity index (χ3n) is 3.00. The molecule has 4 heteroatoms. The minimum atomic E-state index is 0.172. The summed E-state index contributed by atoms with van der Waals surface area (Å²) in [5.41, 5.74) is 2.39. The SMILES string of the molecule is Cc1nc(C(NC(C)C)c2ccc(Br)cc2)sc1C. The van der Waals surface area contributed by atoms with Gasteiger partial charge in [-0.2, -0.15) is 0 Å². The van der Waals surface area contributed by atoms with Crippen LogP contribution in [0, 0.1) is 13.8 Å². The molecule has 0 saturated carbocycles. The Kier molecular flexibility index (Phi) is 4.76. The van der Waals surface area contributed by atoms with Gasteiger partial charge in [0.15, 0.2) is 0 Å². The van der Waals surface area contributed by atoms with Gasteiger partial charge >= 0.3 is 0 Å². The number of thiazole rings is 1. The molecule has 0 bridgehead atoms. The van der Waals surface area contributed by atoms with E-state index in [1.54, 1.807) is 11.3 Å². The summed E-state index contributed by atoms with van der Waals surface area (Å²) >= 11 is 5.26. The summed E-state index contributed by atoms with van der Waals surface area (Å²) in [6, 6.07) is 9.05. The third-order valence-corrected chi connectivity index (χ3v) is 4.66. The van der Waals surface area contributed by atoms with Crippen LogP contribution in [-0.4, -0.2) is 11.0 Å². The number of rotatable bonds is 4. The molecule has 0 aliphatic carbocycles. The zero-order valence-corrected chi connectivity index (χ0v) is 14.1. The van der Waals surface area contributed by atoms with Gasteiger partial charge in [-0.3, -0.25) is 0 Å². The summed E-state index contributed by atoms with van der Waals surface area (Å²) in [7, 11) is 0. The molecule has 2 rings (SSSR count). The number of benzene rings is 1. The van der Waals surface area contributed by atoms with Crippen LogP contribution in [0.15, 0.2) is 28.7 Å². The van der Waals surface area contributed by atoms with E-state index in [2.05, 4.69) is 73.2 Å². The Bertz CT molecular complexity index is 526. The summed E-state index contributed by atoms with van der Waals surface area (Å²) < 4.78 is 1.10. The van der Waals surface area contributed by atoms with Crippen molar-refractivity contribution in [1.82, 2.24) is 10.3 Å². The van der Waals surface area contributed by atoms with Gasteiger partial charge in [0.1, 0.15) is 5.01 Å². The molecule has 0 aliphatic heterocycles. The fourth-order valence-electron chi connectivity index (χ4n) is 1.92. The molecule has 2 aromatic rings. The van der Waals surface area contributed by atoms with Crippen LogP contribution in [0.3, 0.4) is 0 Å². The fraction of sp³-hybridized carbons (Fsp3) is 0.400. The van der Waals surface area contributed by atoms with Crippen LogP contribution in [0.25, 0.3) is 0 Å². The van der Waals surface area contributed by atoms with Crippen LogP contribution in [0.5, 0.6) is 0 Å². The van der Waals surface area contributed by atoms with E-state index in [0.29, 0.717) is 6.04 Å². The molecule has 0 radical (unpaired) electrons. The maximum atomic E-state index is 4.71. The molecule has 1 heterocycles. The zero-order valence-electron chi connectivity index (χ0n) is 11.7. The number of halogens is 1. The summed E-state index contributed by atoms with van der Waals surface area (Å²) in [6.07, 6.45) is 0. The minimum Gasteiger partial charge on any atom is -0.302 e. The smallest absolute Gasteiger partial charge is 0.115 e. The van der Waals surface area contributed by atoms with E-state index in [1.807, 2.05) is 0 Å². The lowest BCUT2D eigenvalue weighted by atomic mass is 10.1. The summed E-state index contributed by atoms with van der Waals surface area (Å²) in [6.45, 7) is 8.53. The molecule has 1 atom stereocenters. The van der Waals surface area contributed by atoms with Crippen molar-refractivity contribution in [3.8, 4) is 0 Å².